The van der Waals surface area contributed by atoms with E-state index in [0.717, 1.165) is 64.2 Å². The molecule has 93 heavy (non-hydrogen) atoms. The van der Waals surface area contributed by atoms with Crippen LogP contribution in [0, 0.1) is 0 Å². The standard InChI is InChI=1S/C84H157NO8/c1-6-8-10-12-14-16-18-20-22-24-26-28-30-32-34-35-36-37-38-39-40-41-42-43-44-45-46-47-49-51-53-55-57-59-61-63-65-67-69-71-73-75-82(87)93-80(79-92-84(83(88)89)90-77-76-85(3,4)5)78-91-81(86)74-72-70-68-66-64-62-60-58-56-54-52-50-48-33-31-29-27-25-23-21-19-17-15-13-11-9-7-2/h8,10,14,16,20,22,26,28,80,84H,6-7,9,11-13,15,17-19,21,23-25,27,29-79H2,1-5H3/b10-8-,16-14-,22-20-,28-26-. The van der Waals surface area contributed by atoms with Gasteiger partial charge in [-0.25, -0.2) is 0 Å². The van der Waals surface area contributed by atoms with Crippen molar-refractivity contribution < 1.29 is 42.9 Å². The van der Waals surface area contributed by atoms with Gasteiger partial charge in [0.15, 0.2) is 12.4 Å². The second kappa shape index (κ2) is 75.0. The molecule has 2 atom stereocenters. The number of quaternary nitrogens is 1. The number of ether oxygens (including phenoxy) is 4. The summed E-state index contributed by atoms with van der Waals surface area (Å²) >= 11 is 0. The van der Waals surface area contributed by atoms with Gasteiger partial charge in [0.1, 0.15) is 13.2 Å². The number of hydrogen-bond acceptors (Lipinski definition) is 8. The lowest BCUT2D eigenvalue weighted by atomic mass is 10.0. The van der Waals surface area contributed by atoms with E-state index in [4.69, 9.17) is 18.9 Å². The van der Waals surface area contributed by atoms with Crippen molar-refractivity contribution in [2.45, 2.75) is 424 Å². The van der Waals surface area contributed by atoms with Crippen LogP contribution in [0.1, 0.15) is 412 Å². The Morgan fingerprint density at radius 2 is 0.613 bits per heavy atom. The highest BCUT2D eigenvalue weighted by Gasteiger charge is 2.22. The molecule has 9 nitrogen and oxygen atoms in total. The number of carboxylic acid groups (broad SMARTS) is 1. The largest absolute Gasteiger partial charge is 0.545 e. The van der Waals surface area contributed by atoms with Crippen molar-refractivity contribution in [1.29, 1.82) is 0 Å². The van der Waals surface area contributed by atoms with Crippen LogP contribution in [0.2, 0.25) is 0 Å². The summed E-state index contributed by atoms with van der Waals surface area (Å²) in [4.78, 5) is 37.6. The lowest BCUT2D eigenvalue weighted by molar-refractivity contribution is -0.870. The summed E-state index contributed by atoms with van der Waals surface area (Å²) in [6, 6.07) is 0. The minimum Gasteiger partial charge on any atom is -0.545 e. The van der Waals surface area contributed by atoms with Crippen molar-refractivity contribution in [1.82, 2.24) is 0 Å². The second-order valence-electron chi connectivity index (χ2n) is 29.0. The maximum atomic E-state index is 13.0. The zero-order valence-electron chi connectivity index (χ0n) is 62.7. The Kier molecular flexibility index (Phi) is 72.8. The number of allylic oxidation sites excluding steroid dienone is 8. The molecule has 0 fully saturated rings. The zero-order valence-corrected chi connectivity index (χ0v) is 62.7. The highest BCUT2D eigenvalue weighted by Crippen LogP contribution is 2.20. The summed E-state index contributed by atoms with van der Waals surface area (Å²) < 4.78 is 22.9. The van der Waals surface area contributed by atoms with Gasteiger partial charge in [-0.1, -0.05) is 396 Å². The predicted molar refractivity (Wildman–Crippen MR) is 399 cm³/mol. The Morgan fingerprint density at radius 1 is 0.333 bits per heavy atom. The van der Waals surface area contributed by atoms with Crippen LogP contribution in [-0.4, -0.2) is 82.3 Å². The first kappa shape index (κ1) is 90.2. The molecule has 0 heterocycles. The number of likely N-dealkylation sites (N-methyl/N-ethyl adjacent to an activating group) is 1. The molecule has 0 aliphatic heterocycles. The molecule has 546 valence electrons. The van der Waals surface area contributed by atoms with E-state index < -0.39 is 24.3 Å². The van der Waals surface area contributed by atoms with E-state index in [1.165, 1.54) is 321 Å². The third-order valence-electron chi connectivity index (χ3n) is 18.6. The van der Waals surface area contributed by atoms with Gasteiger partial charge in [0, 0.05) is 12.8 Å². The fourth-order valence-corrected chi connectivity index (χ4v) is 12.4. The van der Waals surface area contributed by atoms with Crippen molar-refractivity contribution >= 4 is 17.9 Å². The van der Waals surface area contributed by atoms with Crippen molar-refractivity contribution in [2.75, 3.05) is 47.5 Å². The Morgan fingerprint density at radius 3 is 0.914 bits per heavy atom. The number of unbranched alkanes of at least 4 members (excludes halogenated alkanes) is 54. The molecule has 0 radical (unpaired) electrons. The fourth-order valence-electron chi connectivity index (χ4n) is 12.4. The molecule has 0 aliphatic rings. The highest BCUT2D eigenvalue weighted by molar-refractivity contribution is 5.70. The molecular weight excluding hydrogens is 1150 g/mol. The Balaban J connectivity index is 3.92. The third kappa shape index (κ3) is 76.5. The topological polar surface area (TPSA) is 111 Å². The first-order chi connectivity index (χ1) is 45.6. The lowest BCUT2D eigenvalue weighted by Crippen LogP contribution is -2.44. The predicted octanol–water partition coefficient (Wildman–Crippen LogP) is 24.7. The van der Waals surface area contributed by atoms with Gasteiger partial charge in [0.05, 0.1) is 40.3 Å². The van der Waals surface area contributed by atoms with Crippen molar-refractivity contribution in [3.8, 4) is 0 Å². The van der Waals surface area contributed by atoms with Crippen LogP contribution in [0.25, 0.3) is 0 Å². The summed E-state index contributed by atoms with van der Waals surface area (Å²) in [7, 11) is 5.95. The first-order valence-electron chi connectivity index (χ1n) is 40.8. The monoisotopic (exact) mass is 1310 g/mol. The summed E-state index contributed by atoms with van der Waals surface area (Å²) in [5, 5.41) is 11.9. The van der Waals surface area contributed by atoms with E-state index in [-0.39, 0.29) is 32.2 Å². The van der Waals surface area contributed by atoms with Gasteiger partial charge in [0.25, 0.3) is 0 Å². The van der Waals surface area contributed by atoms with E-state index in [1.54, 1.807) is 0 Å². The van der Waals surface area contributed by atoms with Crippen LogP contribution in [0.15, 0.2) is 48.6 Å². The molecule has 0 aliphatic carbocycles. The maximum Gasteiger partial charge on any atom is 0.306 e. The van der Waals surface area contributed by atoms with Crippen LogP contribution in [-0.2, 0) is 33.3 Å². The number of carbonyl (C=O) groups excluding carboxylic acids is 3. The third-order valence-corrected chi connectivity index (χ3v) is 18.6. The van der Waals surface area contributed by atoms with Crippen LogP contribution in [0.3, 0.4) is 0 Å². The summed E-state index contributed by atoms with van der Waals surface area (Å²) in [6.45, 7) is 4.72. The number of aliphatic carboxylic acids is 1. The molecule has 0 aromatic heterocycles. The van der Waals surface area contributed by atoms with Crippen molar-refractivity contribution in [3.63, 3.8) is 0 Å². The van der Waals surface area contributed by atoms with E-state index in [2.05, 4.69) is 62.5 Å². The molecule has 0 aromatic rings. The Bertz CT molecular complexity index is 1670. The van der Waals surface area contributed by atoms with E-state index >= 15 is 0 Å². The molecule has 0 amide bonds. The fraction of sp³-hybridized carbons (Fsp3) is 0.869. The number of carbonyl (C=O) groups is 3. The smallest absolute Gasteiger partial charge is 0.306 e. The molecule has 0 saturated heterocycles. The minimum absolute atomic E-state index is 0.152. The highest BCUT2D eigenvalue weighted by atomic mass is 16.7. The second-order valence-corrected chi connectivity index (χ2v) is 29.0. The Hall–Kier alpha value is -2.75. The number of carboxylic acids is 1. The average Bonchev–Trinajstić information content (AvgIpc) is 3.38. The van der Waals surface area contributed by atoms with Gasteiger partial charge in [-0.3, -0.25) is 9.59 Å². The molecule has 9 heteroatoms. The normalized spacial score (nSPS) is 12.8. The molecule has 0 rings (SSSR count). The van der Waals surface area contributed by atoms with Crippen LogP contribution >= 0.6 is 0 Å². The first-order valence-corrected chi connectivity index (χ1v) is 40.8. The maximum absolute atomic E-state index is 13.0. The van der Waals surface area contributed by atoms with Gasteiger partial charge < -0.3 is 33.3 Å². The van der Waals surface area contributed by atoms with Crippen LogP contribution < -0.4 is 5.11 Å². The molecule has 0 aromatic carbocycles. The molecule has 0 saturated carbocycles. The zero-order chi connectivity index (χ0) is 67.5. The van der Waals surface area contributed by atoms with Gasteiger partial charge in [0.2, 0.25) is 0 Å². The van der Waals surface area contributed by atoms with E-state index in [1.807, 2.05) is 21.1 Å². The Labute approximate surface area is 578 Å². The quantitative estimate of drug-likeness (QED) is 0.0195. The molecular formula is C84H157NO8. The average molecular weight is 1310 g/mol. The summed E-state index contributed by atoms with van der Waals surface area (Å²) in [6.07, 6.45) is 95.4. The number of rotatable bonds is 77. The van der Waals surface area contributed by atoms with Crippen LogP contribution in [0.5, 0.6) is 0 Å². The SMILES string of the molecule is CC/C=C\C/C=C\C/C=C\C/C=C\CCCCCCCCCCCCCCCCCCCCCCCCCCCCCCC(=O)OC(COC(=O)CCCCCCCCCCCCCCCCCCCCCCCCCCCCC)COC(OCC[N+](C)(C)C)C(=O)[O-]. The summed E-state index contributed by atoms with van der Waals surface area (Å²) in [5.74, 6) is -2.25. The molecule has 0 spiro atoms. The van der Waals surface area contributed by atoms with Crippen molar-refractivity contribution in [2.24, 2.45) is 0 Å². The van der Waals surface area contributed by atoms with Gasteiger partial charge in [-0.2, -0.15) is 0 Å². The molecule has 0 bridgehead atoms. The van der Waals surface area contributed by atoms with Crippen LogP contribution in [0.4, 0.5) is 0 Å². The van der Waals surface area contributed by atoms with Crippen molar-refractivity contribution in [3.05, 3.63) is 48.6 Å². The van der Waals surface area contributed by atoms with Gasteiger partial charge in [-0.15, -0.1) is 0 Å². The molecule has 0 N–H and O–H groups in total. The summed E-state index contributed by atoms with van der Waals surface area (Å²) in [5.41, 5.74) is 0. The lowest BCUT2D eigenvalue weighted by Gasteiger charge is -2.26. The minimum atomic E-state index is -1.62. The van der Waals surface area contributed by atoms with Gasteiger partial charge >= 0.3 is 11.9 Å². The molecule has 2 unspecified atom stereocenters. The number of nitrogens with zero attached hydrogens (tertiary/aromatic N) is 1. The van der Waals surface area contributed by atoms with E-state index in [9.17, 15) is 19.5 Å². The number of hydrogen-bond donors (Lipinski definition) is 0. The number of esters is 2. The van der Waals surface area contributed by atoms with Gasteiger partial charge in [-0.05, 0) is 51.4 Å². The van der Waals surface area contributed by atoms with E-state index in [0.29, 0.717) is 17.4 Å².